The largest absolute Gasteiger partial charge is 0.373 e. The molecule has 0 aliphatic carbocycles. The molecule has 1 heterocycles. The van der Waals surface area contributed by atoms with Gasteiger partial charge in [0.15, 0.2) is 0 Å². The zero-order chi connectivity index (χ0) is 13.4. The Morgan fingerprint density at radius 2 is 1.89 bits per heavy atom. The Morgan fingerprint density at radius 1 is 1.17 bits per heavy atom. The lowest BCUT2D eigenvalue weighted by Crippen LogP contribution is -2.07. The van der Waals surface area contributed by atoms with Gasteiger partial charge in [-0.05, 0) is 12.3 Å². The number of hydrogen-bond donors (Lipinski definition) is 2. The first-order valence-electron chi connectivity index (χ1n) is 6.95. The molecule has 102 valence electrons. The lowest BCUT2D eigenvalue weighted by molar-refractivity contribution is 0.544. The number of anilines is 2. The zero-order valence-corrected chi connectivity index (χ0v) is 12.1. The summed E-state index contributed by atoms with van der Waals surface area (Å²) in [6, 6.07) is 1.96. The van der Waals surface area contributed by atoms with Gasteiger partial charge in [-0.1, -0.05) is 33.6 Å². The molecule has 0 aromatic carbocycles. The van der Waals surface area contributed by atoms with Gasteiger partial charge in [0.2, 0.25) is 0 Å². The Balaban J connectivity index is 2.41. The van der Waals surface area contributed by atoms with Crippen LogP contribution in [0, 0.1) is 5.92 Å². The van der Waals surface area contributed by atoms with E-state index in [1.54, 1.807) is 0 Å². The fourth-order valence-corrected chi connectivity index (χ4v) is 1.77. The first-order valence-corrected chi connectivity index (χ1v) is 6.95. The van der Waals surface area contributed by atoms with Gasteiger partial charge in [-0.3, -0.25) is 0 Å². The maximum absolute atomic E-state index is 4.47. The number of aryl methyl sites for hydroxylation is 1. The third-order valence-electron chi connectivity index (χ3n) is 2.86. The van der Waals surface area contributed by atoms with Crippen LogP contribution < -0.4 is 10.6 Å². The SMILES string of the molecule is CCc1nc(NC)cc(NCCCCC(C)C)n1. The Bertz CT molecular complexity index is 327. The third-order valence-corrected chi connectivity index (χ3v) is 2.86. The van der Waals surface area contributed by atoms with Crippen LogP contribution in [0.5, 0.6) is 0 Å². The summed E-state index contributed by atoms with van der Waals surface area (Å²) in [5.74, 6) is 3.49. The van der Waals surface area contributed by atoms with E-state index in [1.807, 2.05) is 13.1 Å². The standard InChI is InChI=1S/C14H26N4/c1-5-12-17-13(15-4)10-14(18-12)16-9-7-6-8-11(2)3/h10-11H,5-9H2,1-4H3,(H2,15,16,17,18). The van der Waals surface area contributed by atoms with Gasteiger partial charge in [-0.2, -0.15) is 0 Å². The number of unbranched alkanes of at least 4 members (excludes halogenated alkanes) is 1. The van der Waals surface area contributed by atoms with E-state index >= 15 is 0 Å². The monoisotopic (exact) mass is 250 g/mol. The molecule has 0 atom stereocenters. The fraction of sp³-hybridized carbons (Fsp3) is 0.714. The Kier molecular flexibility index (Phi) is 6.47. The van der Waals surface area contributed by atoms with Gasteiger partial charge in [-0.15, -0.1) is 0 Å². The topological polar surface area (TPSA) is 49.8 Å². The Labute approximate surface area is 111 Å². The normalized spacial score (nSPS) is 10.7. The Morgan fingerprint density at radius 3 is 2.50 bits per heavy atom. The van der Waals surface area contributed by atoms with Crippen molar-refractivity contribution in [2.75, 3.05) is 24.2 Å². The Hall–Kier alpha value is -1.32. The third kappa shape index (κ3) is 5.34. The van der Waals surface area contributed by atoms with Crippen molar-refractivity contribution in [1.29, 1.82) is 0 Å². The molecule has 0 unspecified atom stereocenters. The molecule has 2 N–H and O–H groups in total. The van der Waals surface area contributed by atoms with Crippen molar-refractivity contribution in [3.8, 4) is 0 Å². The first kappa shape index (κ1) is 14.7. The highest BCUT2D eigenvalue weighted by atomic mass is 15.1. The second-order valence-corrected chi connectivity index (χ2v) is 4.97. The van der Waals surface area contributed by atoms with Crippen molar-refractivity contribution < 1.29 is 0 Å². The minimum absolute atomic E-state index is 0.798. The van der Waals surface area contributed by atoms with E-state index < -0.39 is 0 Å². The van der Waals surface area contributed by atoms with Gasteiger partial charge in [0, 0.05) is 26.1 Å². The van der Waals surface area contributed by atoms with Crippen LogP contribution in [0.1, 0.15) is 45.9 Å². The molecule has 0 radical (unpaired) electrons. The summed E-state index contributed by atoms with van der Waals surface area (Å²) >= 11 is 0. The smallest absolute Gasteiger partial charge is 0.132 e. The molecule has 4 nitrogen and oxygen atoms in total. The molecule has 0 aliphatic rings. The van der Waals surface area contributed by atoms with Crippen LogP contribution in [-0.4, -0.2) is 23.6 Å². The van der Waals surface area contributed by atoms with E-state index in [-0.39, 0.29) is 0 Å². The van der Waals surface area contributed by atoms with Crippen LogP contribution in [0.3, 0.4) is 0 Å². The summed E-state index contributed by atoms with van der Waals surface area (Å²) in [6.07, 6.45) is 4.62. The van der Waals surface area contributed by atoms with E-state index in [4.69, 9.17) is 0 Å². The summed E-state index contributed by atoms with van der Waals surface area (Å²) in [7, 11) is 1.88. The van der Waals surface area contributed by atoms with Crippen LogP contribution in [0.25, 0.3) is 0 Å². The molecule has 0 saturated carbocycles. The number of rotatable bonds is 8. The van der Waals surface area contributed by atoms with E-state index in [0.717, 1.165) is 36.3 Å². The summed E-state index contributed by atoms with van der Waals surface area (Å²) in [6.45, 7) is 7.59. The van der Waals surface area contributed by atoms with Crippen LogP contribution in [-0.2, 0) is 6.42 Å². The zero-order valence-electron chi connectivity index (χ0n) is 12.1. The molecule has 1 aromatic rings. The molecule has 18 heavy (non-hydrogen) atoms. The molecule has 0 saturated heterocycles. The van der Waals surface area contributed by atoms with Crippen LogP contribution in [0.15, 0.2) is 6.07 Å². The van der Waals surface area contributed by atoms with Gasteiger partial charge < -0.3 is 10.6 Å². The molecule has 0 fully saturated rings. The summed E-state index contributed by atoms with van der Waals surface area (Å²) in [4.78, 5) is 8.85. The highest BCUT2D eigenvalue weighted by Gasteiger charge is 2.02. The quantitative estimate of drug-likeness (QED) is 0.695. The predicted octanol–water partition coefficient (Wildman–Crippen LogP) is 3.32. The van der Waals surface area contributed by atoms with E-state index in [0.29, 0.717) is 0 Å². The van der Waals surface area contributed by atoms with E-state index in [1.165, 1.54) is 19.3 Å². The maximum atomic E-state index is 4.47. The number of aromatic nitrogens is 2. The highest BCUT2D eigenvalue weighted by Crippen LogP contribution is 2.12. The molecule has 1 aromatic heterocycles. The molecule has 1 rings (SSSR count). The van der Waals surface area contributed by atoms with Crippen molar-refractivity contribution in [1.82, 2.24) is 9.97 Å². The summed E-state index contributed by atoms with van der Waals surface area (Å²) < 4.78 is 0. The van der Waals surface area contributed by atoms with Gasteiger partial charge in [0.05, 0.1) is 0 Å². The fourth-order valence-electron chi connectivity index (χ4n) is 1.77. The molecule has 0 bridgehead atoms. The van der Waals surface area contributed by atoms with Gasteiger partial charge >= 0.3 is 0 Å². The van der Waals surface area contributed by atoms with Crippen LogP contribution >= 0.6 is 0 Å². The van der Waals surface area contributed by atoms with Gasteiger partial charge in [0.1, 0.15) is 17.5 Å². The minimum Gasteiger partial charge on any atom is -0.373 e. The van der Waals surface area contributed by atoms with Crippen molar-refractivity contribution >= 4 is 11.6 Å². The highest BCUT2D eigenvalue weighted by molar-refractivity contribution is 5.47. The molecule has 4 heteroatoms. The molecule has 0 amide bonds. The molecule has 0 aliphatic heterocycles. The first-order chi connectivity index (χ1) is 8.65. The van der Waals surface area contributed by atoms with Crippen molar-refractivity contribution in [3.63, 3.8) is 0 Å². The average molecular weight is 250 g/mol. The van der Waals surface area contributed by atoms with Crippen LogP contribution in [0.4, 0.5) is 11.6 Å². The van der Waals surface area contributed by atoms with Gasteiger partial charge in [0.25, 0.3) is 0 Å². The second kappa shape index (κ2) is 7.90. The predicted molar refractivity (Wildman–Crippen MR) is 78.1 cm³/mol. The number of nitrogens with zero attached hydrogens (tertiary/aromatic N) is 2. The summed E-state index contributed by atoms with van der Waals surface area (Å²) in [5, 5.41) is 6.44. The second-order valence-electron chi connectivity index (χ2n) is 4.97. The molecular formula is C14H26N4. The van der Waals surface area contributed by atoms with E-state index in [2.05, 4.69) is 41.4 Å². The summed E-state index contributed by atoms with van der Waals surface area (Å²) in [5.41, 5.74) is 0. The van der Waals surface area contributed by atoms with Crippen molar-refractivity contribution in [2.45, 2.75) is 46.5 Å². The lowest BCUT2D eigenvalue weighted by Gasteiger charge is -2.09. The lowest BCUT2D eigenvalue weighted by atomic mass is 10.1. The van der Waals surface area contributed by atoms with E-state index in [9.17, 15) is 0 Å². The molecule has 0 spiro atoms. The van der Waals surface area contributed by atoms with Crippen LogP contribution in [0.2, 0.25) is 0 Å². The minimum atomic E-state index is 0.798. The average Bonchev–Trinajstić information content (AvgIpc) is 2.37. The molecular weight excluding hydrogens is 224 g/mol. The van der Waals surface area contributed by atoms with Crippen molar-refractivity contribution in [2.24, 2.45) is 5.92 Å². The number of hydrogen-bond acceptors (Lipinski definition) is 4. The maximum Gasteiger partial charge on any atom is 0.132 e. The number of nitrogens with one attached hydrogen (secondary N) is 2. The van der Waals surface area contributed by atoms with Crippen molar-refractivity contribution in [3.05, 3.63) is 11.9 Å². The van der Waals surface area contributed by atoms with Gasteiger partial charge in [-0.25, -0.2) is 9.97 Å².